The van der Waals surface area contributed by atoms with Gasteiger partial charge in [0.15, 0.2) is 0 Å². The van der Waals surface area contributed by atoms with Gasteiger partial charge in [-0.25, -0.2) is 22.3 Å². The maximum atomic E-state index is 13.5. The van der Waals surface area contributed by atoms with Gasteiger partial charge in [-0.15, -0.1) is 0 Å². The minimum absolute atomic E-state index is 0.0556. The summed E-state index contributed by atoms with van der Waals surface area (Å²) in [6, 6.07) is 6.87. The molecular formula is C12H10F2N2O2S2. The normalized spacial score (nSPS) is 11.6. The van der Waals surface area contributed by atoms with E-state index >= 15 is 0 Å². The number of hydrogen-bond donors (Lipinski definition) is 2. The van der Waals surface area contributed by atoms with Crippen molar-refractivity contribution in [3.05, 3.63) is 48.0 Å². The van der Waals surface area contributed by atoms with Gasteiger partial charge in [0.1, 0.15) is 11.6 Å². The highest BCUT2D eigenvalue weighted by molar-refractivity contribution is 7.99. The molecule has 20 heavy (non-hydrogen) atoms. The first-order valence-corrected chi connectivity index (χ1v) is 7.69. The molecule has 0 fully saturated rings. The summed E-state index contributed by atoms with van der Waals surface area (Å²) in [5.74, 6) is -1.17. The van der Waals surface area contributed by atoms with E-state index in [1.807, 2.05) is 0 Å². The molecule has 2 aromatic rings. The van der Waals surface area contributed by atoms with Gasteiger partial charge < -0.3 is 5.73 Å². The molecule has 0 aliphatic carbocycles. The second-order valence-electron chi connectivity index (χ2n) is 3.92. The van der Waals surface area contributed by atoms with Crippen molar-refractivity contribution in [1.29, 1.82) is 0 Å². The molecule has 2 rings (SSSR count). The number of rotatable bonds is 3. The lowest BCUT2D eigenvalue weighted by Crippen LogP contribution is -2.12. The van der Waals surface area contributed by atoms with Crippen LogP contribution in [0.1, 0.15) is 0 Å². The molecule has 0 spiro atoms. The van der Waals surface area contributed by atoms with Crippen molar-refractivity contribution < 1.29 is 17.2 Å². The Morgan fingerprint density at radius 2 is 1.70 bits per heavy atom. The van der Waals surface area contributed by atoms with Crippen molar-refractivity contribution in [3.63, 3.8) is 0 Å². The van der Waals surface area contributed by atoms with Crippen LogP contribution in [0.4, 0.5) is 14.5 Å². The fourth-order valence-corrected chi connectivity index (χ4v) is 2.91. The third-order valence-corrected chi connectivity index (χ3v) is 4.46. The zero-order valence-electron chi connectivity index (χ0n) is 10.0. The predicted octanol–water partition coefficient (Wildman–Crippen LogP) is 2.35. The maximum Gasteiger partial charge on any atom is 0.238 e. The second kappa shape index (κ2) is 5.39. The molecule has 4 nitrogen and oxygen atoms in total. The van der Waals surface area contributed by atoms with Crippen molar-refractivity contribution in [3.8, 4) is 0 Å². The fourth-order valence-electron chi connectivity index (χ4n) is 1.47. The van der Waals surface area contributed by atoms with E-state index in [1.165, 1.54) is 18.2 Å². The van der Waals surface area contributed by atoms with Gasteiger partial charge in [-0.2, -0.15) is 0 Å². The second-order valence-corrected chi connectivity index (χ2v) is 6.57. The molecule has 0 bridgehead atoms. The topological polar surface area (TPSA) is 86.2 Å². The van der Waals surface area contributed by atoms with Gasteiger partial charge in [0.2, 0.25) is 10.0 Å². The van der Waals surface area contributed by atoms with Crippen molar-refractivity contribution in [2.45, 2.75) is 14.7 Å². The molecule has 0 saturated heterocycles. The molecule has 106 valence electrons. The molecular weight excluding hydrogens is 306 g/mol. The van der Waals surface area contributed by atoms with Crippen LogP contribution in [0.3, 0.4) is 0 Å². The predicted molar refractivity (Wildman–Crippen MR) is 72.7 cm³/mol. The Bertz CT molecular complexity index is 764. The molecule has 0 aliphatic rings. The summed E-state index contributed by atoms with van der Waals surface area (Å²) >= 11 is 0.899. The number of nitrogen functional groups attached to an aromatic ring is 1. The first kappa shape index (κ1) is 14.8. The van der Waals surface area contributed by atoms with Crippen LogP contribution in [0.15, 0.2) is 51.1 Å². The van der Waals surface area contributed by atoms with E-state index < -0.39 is 21.7 Å². The monoisotopic (exact) mass is 316 g/mol. The van der Waals surface area contributed by atoms with Gasteiger partial charge in [0.25, 0.3) is 0 Å². The van der Waals surface area contributed by atoms with Crippen molar-refractivity contribution in [2.24, 2.45) is 5.14 Å². The Labute approximate surface area is 118 Å². The third-order valence-electron chi connectivity index (χ3n) is 2.42. The summed E-state index contributed by atoms with van der Waals surface area (Å²) in [5.41, 5.74) is 5.81. The molecule has 0 saturated carbocycles. The summed E-state index contributed by atoms with van der Waals surface area (Å²) in [4.78, 5) is 0.320. The fraction of sp³-hybridized carbons (Fsp3) is 0. The van der Waals surface area contributed by atoms with Crippen LogP contribution in [0.5, 0.6) is 0 Å². The highest BCUT2D eigenvalue weighted by atomic mass is 32.2. The highest BCUT2D eigenvalue weighted by Crippen LogP contribution is 2.34. The van der Waals surface area contributed by atoms with E-state index in [9.17, 15) is 17.2 Å². The summed E-state index contributed by atoms with van der Waals surface area (Å²) in [7, 11) is -3.85. The van der Waals surface area contributed by atoms with Gasteiger partial charge in [-0.05, 0) is 36.4 Å². The van der Waals surface area contributed by atoms with E-state index in [0.29, 0.717) is 4.90 Å². The standard InChI is InChI=1S/C12H10F2N2O2S2/c13-7-1-3-9(14)12(5-7)19-11-4-2-8(6-10(11)15)20(16,17)18/h1-6H,15H2,(H2,16,17,18). The van der Waals surface area contributed by atoms with E-state index in [2.05, 4.69) is 0 Å². The number of halogens is 2. The molecule has 2 aromatic carbocycles. The molecule has 0 aliphatic heterocycles. The largest absolute Gasteiger partial charge is 0.398 e. The number of nitrogens with two attached hydrogens (primary N) is 2. The maximum absolute atomic E-state index is 13.5. The average Bonchev–Trinajstić information content (AvgIpc) is 2.35. The van der Waals surface area contributed by atoms with Crippen LogP contribution in [-0.2, 0) is 10.0 Å². The molecule has 0 atom stereocenters. The quantitative estimate of drug-likeness (QED) is 0.851. The zero-order chi connectivity index (χ0) is 14.9. The molecule has 0 radical (unpaired) electrons. The van der Waals surface area contributed by atoms with Crippen LogP contribution in [0.25, 0.3) is 0 Å². The van der Waals surface area contributed by atoms with Gasteiger partial charge in [-0.3, -0.25) is 0 Å². The summed E-state index contributed by atoms with van der Waals surface area (Å²) < 4.78 is 48.9. The van der Waals surface area contributed by atoms with Crippen LogP contribution in [0.2, 0.25) is 0 Å². The summed E-state index contributed by atoms with van der Waals surface area (Å²) in [6.45, 7) is 0. The van der Waals surface area contributed by atoms with Gasteiger partial charge >= 0.3 is 0 Å². The lowest BCUT2D eigenvalue weighted by atomic mass is 10.3. The Kier molecular flexibility index (Phi) is 3.98. The van der Waals surface area contributed by atoms with Gasteiger partial charge in [0, 0.05) is 10.6 Å². The van der Waals surface area contributed by atoms with Crippen molar-refractivity contribution in [1.82, 2.24) is 0 Å². The first-order chi connectivity index (χ1) is 9.27. The van der Waals surface area contributed by atoms with E-state index in [4.69, 9.17) is 10.9 Å². The van der Waals surface area contributed by atoms with Crippen LogP contribution >= 0.6 is 11.8 Å². The number of anilines is 1. The molecule has 4 N–H and O–H groups in total. The molecule has 8 heteroatoms. The van der Waals surface area contributed by atoms with Crippen molar-refractivity contribution in [2.75, 3.05) is 5.73 Å². The van der Waals surface area contributed by atoms with Crippen LogP contribution < -0.4 is 10.9 Å². The first-order valence-electron chi connectivity index (χ1n) is 5.32. The minimum Gasteiger partial charge on any atom is -0.398 e. The lowest BCUT2D eigenvalue weighted by Gasteiger charge is -2.08. The SMILES string of the molecule is Nc1cc(S(N)(=O)=O)ccc1Sc1cc(F)ccc1F. The zero-order valence-corrected chi connectivity index (χ0v) is 11.6. The Morgan fingerprint density at radius 1 is 1.00 bits per heavy atom. The number of hydrogen-bond acceptors (Lipinski definition) is 4. The molecule has 0 heterocycles. The van der Waals surface area contributed by atoms with Crippen LogP contribution in [-0.4, -0.2) is 8.42 Å². The van der Waals surface area contributed by atoms with E-state index in [0.717, 1.165) is 30.0 Å². The van der Waals surface area contributed by atoms with Gasteiger partial charge in [-0.1, -0.05) is 11.8 Å². The van der Waals surface area contributed by atoms with Gasteiger partial charge in [0.05, 0.1) is 9.79 Å². The summed E-state index contributed by atoms with van der Waals surface area (Å²) in [6.07, 6.45) is 0. The summed E-state index contributed by atoms with van der Waals surface area (Å²) in [5, 5.41) is 4.97. The Hall–Kier alpha value is -1.64. The highest BCUT2D eigenvalue weighted by Gasteiger charge is 2.12. The van der Waals surface area contributed by atoms with Crippen molar-refractivity contribution >= 4 is 27.5 Å². The molecule has 0 aromatic heterocycles. The average molecular weight is 316 g/mol. The number of primary sulfonamides is 1. The molecule has 0 amide bonds. The van der Waals surface area contributed by atoms with E-state index in [-0.39, 0.29) is 15.5 Å². The lowest BCUT2D eigenvalue weighted by molar-refractivity contribution is 0.577. The Balaban J connectivity index is 2.38. The Morgan fingerprint density at radius 3 is 2.30 bits per heavy atom. The van der Waals surface area contributed by atoms with E-state index in [1.54, 1.807) is 0 Å². The number of benzene rings is 2. The smallest absolute Gasteiger partial charge is 0.238 e. The van der Waals surface area contributed by atoms with Crippen LogP contribution in [0, 0.1) is 11.6 Å². The minimum atomic E-state index is -3.85. The molecule has 0 unspecified atom stereocenters. The number of sulfonamides is 1. The third kappa shape index (κ3) is 3.27.